The van der Waals surface area contributed by atoms with Gasteiger partial charge in [-0.15, -0.1) is 0 Å². The molecule has 2 rings (SSSR count). The van der Waals surface area contributed by atoms with E-state index in [1.54, 1.807) is 6.07 Å². The highest BCUT2D eigenvalue weighted by molar-refractivity contribution is 5.78. The summed E-state index contributed by atoms with van der Waals surface area (Å²) in [7, 11) is 0. The van der Waals surface area contributed by atoms with Crippen LogP contribution in [0.15, 0.2) is 24.3 Å². The molecule has 1 fully saturated rings. The van der Waals surface area contributed by atoms with Gasteiger partial charge in [-0.05, 0) is 25.0 Å². The third-order valence-corrected chi connectivity index (χ3v) is 3.09. The number of hydrogen-bond donors (Lipinski definition) is 3. The number of ether oxygens (including phenoxy) is 1. The van der Waals surface area contributed by atoms with Gasteiger partial charge in [0.1, 0.15) is 11.6 Å². The Morgan fingerprint density at radius 1 is 1.42 bits per heavy atom. The second kappa shape index (κ2) is 5.99. The number of benzene rings is 1. The predicted molar refractivity (Wildman–Crippen MR) is 65.1 cm³/mol. The maximum Gasteiger partial charge on any atom is 0.258 e. The van der Waals surface area contributed by atoms with Crippen LogP contribution in [0.3, 0.4) is 0 Å². The van der Waals surface area contributed by atoms with Crippen LogP contribution >= 0.6 is 0 Å². The second-order valence-corrected chi connectivity index (χ2v) is 4.56. The Labute approximate surface area is 110 Å². The molecule has 1 saturated carbocycles. The lowest BCUT2D eigenvalue weighted by molar-refractivity contribution is -0.124. The zero-order valence-electron chi connectivity index (χ0n) is 10.3. The lowest BCUT2D eigenvalue weighted by Crippen LogP contribution is -2.44. The van der Waals surface area contributed by atoms with Gasteiger partial charge in [-0.3, -0.25) is 4.79 Å². The average Bonchev–Trinajstić information content (AvgIpc) is 2.69. The fourth-order valence-corrected chi connectivity index (χ4v) is 2.07. The van der Waals surface area contributed by atoms with E-state index in [1.165, 1.54) is 18.2 Å². The maximum absolute atomic E-state index is 12.9. The second-order valence-electron chi connectivity index (χ2n) is 4.56. The van der Waals surface area contributed by atoms with Gasteiger partial charge in [-0.2, -0.15) is 0 Å². The highest BCUT2D eigenvalue weighted by Crippen LogP contribution is 2.19. The number of rotatable bonds is 4. The quantitative estimate of drug-likeness (QED) is 0.730. The number of hydrogen-bond acceptors (Lipinski definition) is 4. The van der Waals surface area contributed by atoms with Crippen molar-refractivity contribution >= 4 is 5.91 Å². The molecule has 6 heteroatoms. The summed E-state index contributed by atoms with van der Waals surface area (Å²) in [4.78, 5) is 11.6. The largest absolute Gasteiger partial charge is 0.484 e. The zero-order valence-corrected chi connectivity index (χ0v) is 10.3. The first-order valence-corrected chi connectivity index (χ1v) is 6.10. The number of aliphatic hydroxyl groups excluding tert-OH is 2. The number of amides is 1. The van der Waals surface area contributed by atoms with Gasteiger partial charge in [0.25, 0.3) is 5.91 Å². The minimum Gasteiger partial charge on any atom is -0.484 e. The summed E-state index contributed by atoms with van der Waals surface area (Å²) in [6.45, 7) is -0.261. The lowest BCUT2D eigenvalue weighted by atomic mass is 10.2. The Bertz CT molecular complexity index is 454. The van der Waals surface area contributed by atoms with Crippen molar-refractivity contribution in [3.8, 4) is 5.75 Å². The Balaban J connectivity index is 1.79. The number of aliphatic hydroxyl groups is 2. The normalized spacial score (nSPS) is 26.2. The van der Waals surface area contributed by atoms with E-state index < -0.39 is 30.0 Å². The van der Waals surface area contributed by atoms with E-state index in [9.17, 15) is 19.4 Å². The molecule has 1 aromatic rings. The molecule has 5 nitrogen and oxygen atoms in total. The van der Waals surface area contributed by atoms with Gasteiger partial charge >= 0.3 is 0 Å². The third kappa shape index (κ3) is 3.65. The molecule has 104 valence electrons. The molecule has 19 heavy (non-hydrogen) atoms. The maximum atomic E-state index is 12.9. The van der Waals surface area contributed by atoms with Crippen LogP contribution in [-0.2, 0) is 4.79 Å². The van der Waals surface area contributed by atoms with Gasteiger partial charge in [-0.25, -0.2) is 4.39 Å². The van der Waals surface area contributed by atoms with E-state index in [0.717, 1.165) is 0 Å². The smallest absolute Gasteiger partial charge is 0.258 e. The summed E-state index contributed by atoms with van der Waals surface area (Å²) >= 11 is 0. The number of halogens is 1. The van der Waals surface area contributed by atoms with Crippen LogP contribution in [-0.4, -0.2) is 41.0 Å². The molecule has 0 radical (unpaired) electrons. The van der Waals surface area contributed by atoms with Crippen molar-refractivity contribution in [2.24, 2.45) is 0 Å². The Kier molecular flexibility index (Phi) is 4.34. The SMILES string of the molecule is O=C(COc1cccc(F)c1)N[C@@H]1CC[C@@H](O)[C@@H]1O. The van der Waals surface area contributed by atoms with Gasteiger partial charge in [0, 0.05) is 6.07 Å². The van der Waals surface area contributed by atoms with Crippen molar-refractivity contribution in [1.29, 1.82) is 0 Å². The van der Waals surface area contributed by atoms with E-state index >= 15 is 0 Å². The van der Waals surface area contributed by atoms with E-state index in [-0.39, 0.29) is 12.4 Å². The minimum atomic E-state index is -0.946. The zero-order chi connectivity index (χ0) is 13.8. The van der Waals surface area contributed by atoms with Crippen molar-refractivity contribution in [2.45, 2.75) is 31.1 Å². The summed E-state index contributed by atoms with van der Waals surface area (Å²) in [6, 6.07) is 5.04. The summed E-state index contributed by atoms with van der Waals surface area (Å²) < 4.78 is 18.0. The molecule has 0 heterocycles. The molecule has 1 aliphatic carbocycles. The Morgan fingerprint density at radius 3 is 2.84 bits per heavy atom. The average molecular weight is 269 g/mol. The molecule has 3 atom stereocenters. The topological polar surface area (TPSA) is 78.8 Å². The molecule has 1 aliphatic rings. The molecule has 3 N–H and O–H groups in total. The molecule has 0 aromatic heterocycles. The first kappa shape index (κ1) is 13.8. The van der Waals surface area contributed by atoms with Crippen molar-refractivity contribution < 1.29 is 24.1 Å². The van der Waals surface area contributed by atoms with E-state index in [4.69, 9.17) is 4.74 Å². The number of carbonyl (C=O) groups is 1. The van der Waals surface area contributed by atoms with Gasteiger partial charge < -0.3 is 20.3 Å². The minimum absolute atomic E-state index is 0.261. The van der Waals surface area contributed by atoms with E-state index in [0.29, 0.717) is 12.8 Å². The fraction of sp³-hybridized carbons (Fsp3) is 0.462. The lowest BCUT2D eigenvalue weighted by Gasteiger charge is -2.18. The van der Waals surface area contributed by atoms with Crippen LogP contribution in [0.4, 0.5) is 4.39 Å². The predicted octanol–water partition coefficient (Wildman–Crippen LogP) is 0.205. The Morgan fingerprint density at radius 2 is 2.21 bits per heavy atom. The molecule has 1 aromatic carbocycles. The van der Waals surface area contributed by atoms with Crippen LogP contribution < -0.4 is 10.1 Å². The molecule has 0 aliphatic heterocycles. The highest BCUT2D eigenvalue weighted by Gasteiger charge is 2.34. The number of carbonyl (C=O) groups excluding carboxylic acids is 1. The van der Waals surface area contributed by atoms with Gasteiger partial charge in [0.05, 0.1) is 18.2 Å². The van der Waals surface area contributed by atoms with Crippen molar-refractivity contribution in [2.75, 3.05) is 6.61 Å². The summed E-state index contributed by atoms with van der Waals surface area (Å²) in [5.74, 6) is -0.586. The fourth-order valence-electron chi connectivity index (χ4n) is 2.07. The van der Waals surface area contributed by atoms with E-state index in [1.807, 2.05) is 0 Å². The van der Waals surface area contributed by atoms with Crippen molar-refractivity contribution in [3.05, 3.63) is 30.1 Å². The summed E-state index contributed by atoms with van der Waals surface area (Å²) in [5.41, 5.74) is 0. The number of nitrogens with one attached hydrogen (secondary N) is 1. The van der Waals surface area contributed by atoms with Gasteiger partial charge in [0.15, 0.2) is 6.61 Å². The van der Waals surface area contributed by atoms with Crippen LogP contribution in [0.2, 0.25) is 0 Å². The molecule has 0 unspecified atom stereocenters. The van der Waals surface area contributed by atoms with Crippen LogP contribution in [0.1, 0.15) is 12.8 Å². The van der Waals surface area contributed by atoms with Crippen molar-refractivity contribution in [1.82, 2.24) is 5.32 Å². The standard InChI is InChI=1S/C13H16FNO4/c14-8-2-1-3-9(6-8)19-7-12(17)15-10-4-5-11(16)13(10)18/h1-3,6,10-11,13,16,18H,4-5,7H2,(H,15,17)/t10-,11-,13-/m1/s1. The van der Waals surface area contributed by atoms with Crippen LogP contribution in [0.25, 0.3) is 0 Å². The summed E-state index contributed by atoms with van der Waals surface area (Å²) in [5, 5.41) is 21.5. The van der Waals surface area contributed by atoms with E-state index in [2.05, 4.69) is 5.32 Å². The highest BCUT2D eigenvalue weighted by atomic mass is 19.1. The first-order valence-electron chi connectivity index (χ1n) is 6.10. The van der Waals surface area contributed by atoms with Crippen molar-refractivity contribution in [3.63, 3.8) is 0 Å². The van der Waals surface area contributed by atoms with Gasteiger partial charge in [-0.1, -0.05) is 6.07 Å². The molecular weight excluding hydrogens is 253 g/mol. The summed E-state index contributed by atoms with van der Waals surface area (Å²) in [6.07, 6.45) is -0.766. The van der Waals surface area contributed by atoms with Gasteiger partial charge in [0.2, 0.25) is 0 Å². The van der Waals surface area contributed by atoms with Crippen LogP contribution in [0, 0.1) is 5.82 Å². The molecule has 0 spiro atoms. The third-order valence-electron chi connectivity index (χ3n) is 3.09. The molecule has 0 saturated heterocycles. The molecular formula is C13H16FNO4. The Hall–Kier alpha value is -1.66. The first-order chi connectivity index (χ1) is 9.06. The van der Waals surface area contributed by atoms with Crippen LogP contribution in [0.5, 0.6) is 5.75 Å². The molecule has 0 bridgehead atoms. The monoisotopic (exact) mass is 269 g/mol. The molecule has 1 amide bonds.